The summed E-state index contributed by atoms with van der Waals surface area (Å²) >= 11 is 5.83. The van der Waals surface area contributed by atoms with Crippen molar-refractivity contribution in [3.63, 3.8) is 0 Å². The number of nitrogens with zero attached hydrogens (tertiary/aromatic N) is 1. The number of anilines is 1. The molecule has 1 amide bonds. The lowest BCUT2D eigenvalue weighted by Gasteiger charge is -2.31. The summed E-state index contributed by atoms with van der Waals surface area (Å²) < 4.78 is 32.9. The Balaban J connectivity index is 1.31. The highest BCUT2D eigenvalue weighted by molar-refractivity contribution is 7.89. The highest BCUT2D eigenvalue weighted by Crippen LogP contribution is 2.24. The molecule has 3 aromatic rings. The van der Waals surface area contributed by atoms with Gasteiger partial charge in [0.15, 0.2) is 0 Å². The van der Waals surface area contributed by atoms with Crippen LogP contribution in [0.3, 0.4) is 0 Å². The van der Waals surface area contributed by atoms with E-state index in [1.165, 1.54) is 22.5 Å². The highest BCUT2D eigenvalue weighted by atomic mass is 35.5. The SMILES string of the molecule is O=C(O)c1cccc(NC2CCN(S(=O)(=O)c3ccc(CNC(=O)c4ccc(Cl)cc4)o3)CC2)c1. The maximum Gasteiger partial charge on any atom is 0.335 e. The first-order chi connectivity index (χ1) is 16.7. The number of hydrogen-bond donors (Lipinski definition) is 3. The molecular formula is C24H24ClN3O6S. The van der Waals surface area contributed by atoms with E-state index in [-0.39, 0.29) is 29.1 Å². The van der Waals surface area contributed by atoms with Gasteiger partial charge in [-0.3, -0.25) is 4.79 Å². The Bertz CT molecular complexity index is 1320. The first kappa shape index (κ1) is 24.8. The lowest BCUT2D eigenvalue weighted by Crippen LogP contribution is -2.42. The minimum absolute atomic E-state index is 0.0146. The molecule has 0 spiro atoms. The number of carbonyl (C=O) groups is 2. The van der Waals surface area contributed by atoms with Crippen LogP contribution in [0.4, 0.5) is 5.69 Å². The first-order valence-electron chi connectivity index (χ1n) is 10.9. The van der Waals surface area contributed by atoms with Gasteiger partial charge in [0.05, 0.1) is 12.1 Å². The van der Waals surface area contributed by atoms with Crippen molar-refractivity contribution >= 4 is 39.2 Å². The van der Waals surface area contributed by atoms with E-state index >= 15 is 0 Å². The van der Waals surface area contributed by atoms with Crippen molar-refractivity contribution in [3.8, 4) is 0 Å². The van der Waals surface area contributed by atoms with E-state index in [1.54, 1.807) is 42.5 Å². The van der Waals surface area contributed by atoms with E-state index in [4.69, 9.17) is 21.1 Å². The number of carboxylic acid groups (broad SMARTS) is 1. The maximum absolute atomic E-state index is 13.0. The standard InChI is InChI=1S/C24H24ClN3O6S/c25-18-6-4-16(5-7-18)23(29)26-15-21-8-9-22(34-21)35(32,33)28-12-10-19(11-13-28)27-20-3-1-2-17(14-20)24(30)31/h1-9,14,19,27H,10-13,15H2,(H,26,29)(H,30,31). The molecule has 1 fully saturated rings. The van der Waals surface area contributed by atoms with Gasteiger partial charge < -0.3 is 20.2 Å². The van der Waals surface area contributed by atoms with Gasteiger partial charge in [0, 0.05) is 35.4 Å². The number of hydrogen-bond acceptors (Lipinski definition) is 6. The van der Waals surface area contributed by atoms with Gasteiger partial charge in [-0.1, -0.05) is 17.7 Å². The molecule has 0 unspecified atom stereocenters. The molecule has 0 bridgehead atoms. The maximum atomic E-state index is 13.0. The summed E-state index contributed by atoms with van der Waals surface area (Å²) in [7, 11) is -3.82. The molecule has 9 nitrogen and oxygen atoms in total. The van der Waals surface area contributed by atoms with Crippen LogP contribution in [0, 0.1) is 0 Å². The summed E-state index contributed by atoms with van der Waals surface area (Å²) in [5.74, 6) is -1.01. The van der Waals surface area contributed by atoms with Gasteiger partial charge >= 0.3 is 5.97 Å². The molecule has 1 aliphatic heterocycles. The van der Waals surface area contributed by atoms with Gasteiger partial charge in [-0.05, 0) is 67.4 Å². The van der Waals surface area contributed by atoms with Crippen LogP contribution >= 0.6 is 11.6 Å². The van der Waals surface area contributed by atoms with Crippen LogP contribution in [0.15, 0.2) is 70.2 Å². The minimum Gasteiger partial charge on any atom is -0.478 e. The number of sulfonamides is 1. The topological polar surface area (TPSA) is 129 Å². The predicted octanol–water partition coefficient (Wildman–Crippen LogP) is 3.83. The fraction of sp³-hybridized carbons (Fsp3) is 0.250. The van der Waals surface area contributed by atoms with Crippen LogP contribution in [0.25, 0.3) is 0 Å². The second-order valence-corrected chi connectivity index (χ2v) is 10.4. The number of aromatic carboxylic acids is 1. The Morgan fingerprint density at radius 1 is 1.03 bits per heavy atom. The molecule has 184 valence electrons. The van der Waals surface area contributed by atoms with E-state index in [1.807, 2.05) is 0 Å². The van der Waals surface area contributed by atoms with Crippen LogP contribution in [0.2, 0.25) is 5.02 Å². The van der Waals surface area contributed by atoms with Gasteiger partial charge in [-0.2, -0.15) is 4.31 Å². The Hall–Kier alpha value is -3.34. The first-order valence-corrected chi connectivity index (χ1v) is 12.8. The third-order valence-electron chi connectivity index (χ3n) is 5.69. The normalized spacial score (nSPS) is 15.0. The zero-order valence-corrected chi connectivity index (χ0v) is 20.2. The van der Waals surface area contributed by atoms with Crippen molar-refractivity contribution in [1.82, 2.24) is 9.62 Å². The van der Waals surface area contributed by atoms with Gasteiger partial charge in [0.25, 0.3) is 15.9 Å². The van der Waals surface area contributed by atoms with Crippen LogP contribution in [-0.2, 0) is 16.6 Å². The molecule has 1 aromatic heterocycles. The van der Waals surface area contributed by atoms with Crippen molar-refractivity contribution in [2.24, 2.45) is 0 Å². The number of amides is 1. The minimum atomic E-state index is -3.82. The summed E-state index contributed by atoms with van der Waals surface area (Å²) in [4.78, 5) is 23.4. The third-order valence-corrected chi connectivity index (χ3v) is 7.72. The molecule has 1 aliphatic rings. The number of furan rings is 1. The molecule has 0 saturated carbocycles. The average molecular weight is 518 g/mol. The summed E-state index contributed by atoms with van der Waals surface area (Å²) in [5.41, 5.74) is 1.30. The second kappa shape index (κ2) is 10.5. The van der Waals surface area contributed by atoms with E-state index in [9.17, 15) is 18.0 Å². The second-order valence-electron chi connectivity index (χ2n) is 8.12. The molecule has 0 aliphatic carbocycles. The quantitative estimate of drug-likeness (QED) is 0.414. The molecule has 3 N–H and O–H groups in total. The smallest absolute Gasteiger partial charge is 0.335 e. The van der Waals surface area contributed by atoms with Crippen LogP contribution in [0.1, 0.15) is 39.3 Å². The van der Waals surface area contributed by atoms with Crippen molar-refractivity contribution < 1.29 is 27.5 Å². The number of piperidine rings is 1. The molecule has 2 aromatic carbocycles. The van der Waals surface area contributed by atoms with Gasteiger partial charge in [0.1, 0.15) is 5.76 Å². The fourth-order valence-corrected chi connectivity index (χ4v) is 5.33. The molecule has 0 atom stereocenters. The molecule has 35 heavy (non-hydrogen) atoms. The molecular weight excluding hydrogens is 494 g/mol. The fourth-order valence-electron chi connectivity index (χ4n) is 3.81. The Morgan fingerprint density at radius 3 is 2.43 bits per heavy atom. The van der Waals surface area contributed by atoms with E-state index < -0.39 is 16.0 Å². The van der Waals surface area contributed by atoms with Gasteiger partial charge in [-0.15, -0.1) is 0 Å². The summed E-state index contributed by atoms with van der Waals surface area (Å²) in [6, 6.07) is 15.9. The summed E-state index contributed by atoms with van der Waals surface area (Å²) in [5, 5.41) is 15.5. The predicted molar refractivity (Wildman–Crippen MR) is 130 cm³/mol. The summed E-state index contributed by atoms with van der Waals surface area (Å²) in [6.07, 6.45) is 1.11. The molecule has 2 heterocycles. The lowest BCUT2D eigenvalue weighted by atomic mass is 10.1. The number of halogens is 1. The Labute approximate surface area is 207 Å². The number of carboxylic acids is 1. The summed E-state index contributed by atoms with van der Waals surface area (Å²) in [6.45, 7) is 0.627. The largest absolute Gasteiger partial charge is 0.478 e. The number of rotatable bonds is 8. The van der Waals surface area contributed by atoms with Crippen molar-refractivity contribution in [3.05, 3.63) is 82.6 Å². The zero-order chi connectivity index (χ0) is 25.0. The Kier molecular flexibility index (Phi) is 7.44. The van der Waals surface area contributed by atoms with E-state index in [0.717, 1.165) is 0 Å². The van der Waals surface area contributed by atoms with E-state index in [2.05, 4.69) is 10.6 Å². The van der Waals surface area contributed by atoms with Gasteiger partial charge in [0.2, 0.25) is 5.09 Å². The molecule has 0 radical (unpaired) electrons. The van der Waals surface area contributed by atoms with Crippen LogP contribution in [-0.4, -0.2) is 48.8 Å². The number of carbonyl (C=O) groups excluding carboxylic acids is 1. The number of benzene rings is 2. The monoisotopic (exact) mass is 517 g/mol. The van der Waals surface area contributed by atoms with Crippen LogP contribution < -0.4 is 10.6 Å². The average Bonchev–Trinajstić information content (AvgIpc) is 3.34. The zero-order valence-electron chi connectivity index (χ0n) is 18.6. The third kappa shape index (κ3) is 6.02. The highest BCUT2D eigenvalue weighted by Gasteiger charge is 2.31. The van der Waals surface area contributed by atoms with Crippen molar-refractivity contribution in [2.45, 2.75) is 30.5 Å². The lowest BCUT2D eigenvalue weighted by molar-refractivity contribution is 0.0696. The van der Waals surface area contributed by atoms with E-state index in [0.29, 0.717) is 48.0 Å². The molecule has 4 rings (SSSR count). The molecule has 11 heteroatoms. The van der Waals surface area contributed by atoms with Crippen molar-refractivity contribution in [2.75, 3.05) is 18.4 Å². The molecule has 1 saturated heterocycles. The van der Waals surface area contributed by atoms with Gasteiger partial charge in [-0.25, -0.2) is 13.2 Å². The Morgan fingerprint density at radius 2 is 1.74 bits per heavy atom. The van der Waals surface area contributed by atoms with Crippen LogP contribution in [0.5, 0.6) is 0 Å². The van der Waals surface area contributed by atoms with Crippen molar-refractivity contribution in [1.29, 1.82) is 0 Å². The number of nitrogens with one attached hydrogen (secondary N) is 2.